The van der Waals surface area contributed by atoms with E-state index in [1.807, 2.05) is 45.9 Å². The normalized spacial score (nSPS) is 11.5. The van der Waals surface area contributed by atoms with Gasteiger partial charge < -0.3 is 10.1 Å². The van der Waals surface area contributed by atoms with Crippen LogP contribution in [0.3, 0.4) is 0 Å². The number of aryl methyl sites for hydroxylation is 1. The number of aromatic nitrogens is 2. The smallest absolute Gasteiger partial charge is 0.306 e. The number of nitrogens with one attached hydrogen (secondary N) is 2. The van der Waals surface area contributed by atoms with Crippen LogP contribution < -0.4 is 5.32 Å². The van der Waals surface area contributed by atoms with Crippen molar-refractivity contribution in [3.8, 4) is 0 Å². The van der Waals surface area contributed by atoms with Gasteiger partial charge >= 0.3 is 5.97 Å². The third-order valence-electron chi connectivity index (χ3n) is 3.70. The molecule has 1 amide bonds. The van der Waals surface area contributed by atoms with E-state index < -0.39 is 5.60 Å². The van der Waals surface area contributed by atoms with E-state index >= 15 is 0 Å². The molecule has 0 aliphatic heterocycles. The number of nitrogens with zero attached hydrogens (tertiary/aromatic N) is 1. The number of esters is 1. The van der Waals surface area contributed by atoms with Crippen LogP contribution in [0, 0.1) is 6.92 Å². The molecule has 1 heterocycles. The monoisotopic (exact) mass is 345 g/mol. The molecule has 6 heteroatoms. The average Bonchev–Trinajstić information content (AvgIpc) is 2.91. The number of aromatic amines is 1. The van der Waals surface area contributed by atoms with Crippen molar-refractivity contribution >= 4 is 22.8 Å². The van der Waals surface area contributed by atoms with Gasteiger partial charge in [-0.1, -0.05) is 18.1 Å². The molecule has 0 unspecified atom stereocenters. The second-order valence-electron chi connectivity index (χ2n) is 7.27. The predicted octanol–water partition coefficient (Wildman–Crippen LogP) is 3.50. The van der Waals surface area contributed by atoms with Crippen molar-refractivity contribution in [3.05, 3.63) is 29.5 Å². The fourth-order valence-corrected chi connectivity index (χ4v) is 2.55. The zero-order valence-electron chi connectivity index (χ0n) is 15.4. The van der Waals surface area contributed by atoms with Crippen molar-refractivity contribution in [1.82, 2.24) is 15.5 Å². The number of carbonyl (C=O) groups is 2. The highest BCUT2D eigenvalue weighted by molar-refractivity contribution is 6.04. The molecule has 2 aromatic rings. The quantitative estimate of drug-likeness (QED) is 0.594. The lowest BCUT2D eigenvalue weighted by molar-refractivity contribution is -0.154. The van der Waals surface area contributed by atoms with Crippen LogP contribution in [0.15, 0.2) is 18.2 Å². The Bertz CT molecular complexity index is 744. The molecule has 2 N–H and O–H groups in total. The largest absolute Gasteiger partial charge is 0.460 e. The van der Waals surface area contributed by atoms with Gasteiger partial charge in [0.2, 0.25) is 0 Å². The van der Waals surface area contributed by atoms with Crippen LogP contribution in [-0.4, -0.2) is 34.2 Å². The van der Waals surface area contributed by atoms with Gasteiger partial charge in [-0.15, -0.1) is 0 Å². The molecule has 0 saturated heterocycles. The summed E-state index contributed by atoms with van der Waals surface area (Å²) in [7, 11) is 0. The molecule has 0 aliphatic carbocycles. The number of hydrogen-bond donors (Lipinski definition) is 2. The second-order valence-corrected chi connectivity index (χ2v) is 7.27. The Kier molecular flexibility index (Phi) is 6.17. The topological polar surface area (TPSA) is 84.1 Å². The van der Waals surface area contributed by atoms with Crippen molar-refractivity contribution < 1.29 is 14.3 Å². The summed E-state index contributed by atoms with van der Waals surface area (Å²) in [4.78, 5) is 23.9. The molecule has 0 spiro atoms. The predicted molar refractivity (Wildman–Crippen MR) is 97.5 cm³/mol. The van der Waals surface area contributed by atoms with E-state index in [1.54, 1.807) is 0 Å². The SMILES string of the molecule is Cc1ccc2[nH]nc(C(=O)NCCCCCC(=O)OC(C)(C)C)c2c1. The minimum absolute atomic E-state index is 0.171. The van der Waals surface area contributed by atoms with E-state index in [-0.39, 0.29) is 11.9 Å². The highest BCUT2D eigenvalue weighted by Gasteiger charge is 2.16. The number of H-pyrrole nitrogens is 1. The number of benzene rings is 1. The summed E-state index contributed by atoms with van der Waals surface area (Å²) in [6, 6.07) is 5.85. The van der Waals surface area contributed by atoms with Gasteiger partial charge in [0.15, 0.2) is 5.69 Å². The Morgan fingerprint density at radius 1 is 1.20 bits per heavy atom. The molecule has 2 rings (SSSR count). The van der Waals surface area contributed by atoms with Crippen LogP contribution in [0.1, 0.15) is 62.5 Å². The Hall–Kier alpha value is -2.37. The fourth-order valence-electron chi connectivity index (χ4n) is 2.55. The lowest BCUT2D eigenvalue weighted by Gasteiger charge is -2.19. The van der Waals surface area contributed by atoms with Crippen LogP contribution in [0.25, 0.3) is 10.9 Å². The van der Waals surface area contributed by atoms with E-state index in [0.29, 0.717) is 18.7 Å². The summed E-state index contributed by atoms with van der Waals surface area (Å²) in [5, 5.41) is 10.7. The van der Waals surface area contributed by atoms with Crippen molar-refractivity contribution in [2.45, 2.75) is 59.0 Å². The summed E-state index contributed by atoms with van der Waals surface area (Å²) in [5.41, 5.74) is 1.93. The molecule has 0 bridgehead atoms. The minimum atomic E-state index is -0.435. The van der Waals surface area contributed by atoms with E-state index in [9.17, 15) is 9.59 Å². The number of fused-ring (bicyclic) bond motifs is 1. The average molecular weight is 345 g/mol. The van der Waals surface area contributed by atoms with E-state index in [2.05, 4.69) is 15.5 Å². The Morgan fingerprint density at radius 2 is 1.96 bits per heavy atom. The third kappa shape index (κ3) is 5.89. The van der Waals surface area contributed by atoms with Gasteiger partial charge in [0.25, 0.3) is 5.91 Å². The highest BCUT2D eigenvalue weighted by Crippen LogP contribution is 2.17. The van der Waals surface area contributed by atoms with Gasteiger partial charge in [-0.3, -0.25) is 14.7 Å². The van der Waals surface area contributed by atoms with Gasteiger partial charge in [0.05, 0.1) is 5.52 Å². The Balaban J connectivity index is 1.70. The van der Waals surface area contributed by atoms with Crippen molar-refractivity contribution in [2.24, 2.45) is 0 Å². The highest BCUT2D eigenvalue weighted by atomic mass is 16.6. The van der Waals surface area contributed by atoms with E-state index in [0.717, 1.165) is 35.7 Å². The molecule has 1 aromatic carbocycles. The molecule has 0 saturated carbocycles. The number of unbranched alkanes of at least 4 members (excludes halogenated alkanes) is 2. The third-order valence-corrected chi connectivity index (χ3v) is 3.70. The summed E-state index contributed by atoms with van der Waals surface area (Å²) < 4.78 is 5.26. The number of amides is 1. The molecule has 0 radical (unpaired) electrons. The number of ether oxygens (including phenoxy) is 1. The van der Waals surface area contributed by atoms with Crippen molar-refractivity contribution in [2.75, 3.05) is 6.54 Å². The van der Waals surface area contributed by atoms with Gasteiger partial charge in [-0.25, -0.2) is 0 Å². The van der Waals surface area contributed by atoms with Gasteiger partial charge in [0.1, 0.15) is 5.60 Å². The summed E-state index contributed by atoms with van der Waals surface area (Å²) in [6.07, 6.45) is 2.85. The molecule has 0 aliphatic rings. The first kappa shape index (κ1) is 19.0. The molecule has 1 aromatic heterocycles. The summed E-state index contributed by atoms with van der Waals surface area (Å²) in [5.74, 6) is -0.348. The maximum Gasteiger partial charge on any atom is 0.306 e. The van der Waals surface area contributed by atoms with Crippen LogP contribution in [0.5, 0.6) is 0 Å². The van der Waals surface area contributed by atoms with Crippen LogP contribution in [0.2, 0.25) is 0 Å². The Morgan fingerprint density at radius 3 is 2.68 bits per heavy atom. The second kappa shape index (κ2) is 8.14. The minimum Gasteiger partial charge on any atom is -0.460 e. The van der Waals surface area contributed by atoms with Crippen molar-refractivity contribution in [1.29, 1.82) is 0 Å². The standard InChI is InChI=1S/C19H27N3O3/c1-13-9-10-15-14(12-13)17(22-21-15)18(24)20-11-7-5-6-8-16(23)25-19(2,3)4/h9-10,12H,5-8,11H2,1-4H3,(H,20,24)(H,21,22). The van der Waals surface area contributed by atoms with Crippen molar-refractivity contribution in [3.63, 3.8) is 0 Å². The molecular weight excluding hydrogens is 318 g/mol. The maximum absolute atomic E-state index is 12.3. The van der Waals surface area contributed by atoms with Crippen LogP contribution in [0.4, 0.5) is 0 Å². The lowest BCUT2D eigenvalue weighted by atomic mass is 10.1. The maximum atomic E-state index is 12.3. The summed E-state index contributed by atoms with van der Waals surface area (Å²) in [6.45, 7) is 8.13. The first-order valence-electron chi connectivity index (χ1n) is 8.71. The molecule has 136 valence electrons. The molecular formula is C19H27N3O3. The Labute approximate surface area is 148 Å². The molecule has 25 heavy (non-hydrogen) atoms. The zero-order chi connectivity index (χ0) is 18.4. The molecule has 6 nitrogen and oxygen atoms in total. The number of rotatable bonds is 7. The lowest BCUT2D eigenvalue weighted by Crippen LogP contribution is -2.25. The van der Waals surface area contributed by atoms with Gasteiger partial charge in [-0.05, 0) is 52.7 Å². The van der Waals surface area contributed by atoms with Gasteiger partial charge in [-0.2, -0.15) is 5.10 Å². The summed E-state index contributed by atoms with van der Waals surface area (Å²) >= 11 is 0. The van der Waals surface area contributed by atoms with E-state index in [1.165, 1.54) is 0 Å². The van der Waals surface area contributed by atoms with Crippen LogP contribution >= 0.6 is 0 Å². The first-order chi connectivity index (χ1) is 11.8. The van der Waals surface area contributed by atoms with Gasteiger partial charge in [0, 0.05) is 18.4 Å². The molecule has 0 fully saturated rings. The number of hydrogen-bond acceptors (Lipinski definition) is 4. The molecule has 0 atom stereocenters. The van der Waals surface area contributed by atoms with E-state index in [4.69, 9.17) is 4.74 Å². The van der Waals surface area contributed by atoms with Crippen LogP contribution in [-0.2, 0) is 9.53 Å². The number of carbonyl (C=O) groups excluding carboxylic acids is 2. The first-order valence-corrected chi connectivity index (χ1v) is 8.71. The zero-order valence-corrected chi connectivity index (χ0v) is 15.4. The fraction of sp³-hybridized carbons (Fsp3) is 0.526.